The number of nitrogens with one attached hydrogen (secondary N) is 1. The van der Waals surface area contributed by atoms with Crippen LogP contribution >= 0.6 is 0 Å². The molecule has 0 radical (unpaired) electrons. The molecule has 0 amide bonds. The van der Waals surface area contributed by atoms with Crippen molar-refractivity contribution in [2.75, 3.05) is 7.11 Å². The van der Waals surface area contributed by atoms with Crippen molar-refractivity contribution in [1.29, 1.82) is 0 Å². The van der Waals surface area contributed by atoms with Crippen molar-refractivity contribution in [1.82, 2.24) is 4.72 Å². The first kappa shape index (κ1) is 20.1. The first-order valence-electron chi connectivity index (χ1n) is 9.25. The third kappa shape index (κ3) is 5.21. The van der Waals surface area contributed by atoms with Crippen molar-refractivity contribution in [3.63, 3.8) is 0 Å². The van der Waals surface area contributed by atoms with Gasteiger partial charge >= 0.3 is 0 Å². The molecule has 1 atom stereocenters. The lowest BCUT2D eigenvalue weighted by atomic mass is 10.00. The van der Waals surface area contributed by atoms with Crippen molar-refractivity contribution in [3.05, 3.63) is 95.6 Å². The zero-order valence-electron chi connectivity index (χ0n) is 16.1. The van der Waals surface area contributed by atoms with Gasteiger partial charge in [0.15, 0.2) is 0 Å². The highest BCUT2D eigenvalue weighted by molar-refractivity contribution is 7.89. The van der Waals surface area contributed by atoms with Gasteiger partial charge in [-0.3, -0.25) is 0 Å². The first-order chi connectivity index (χ1) is 13.5. The number of benzene rings is 3. The lowest BCUT2D eigenvalue weighted by Crippen LogP contribution is -2.29. The Kier molecular flexibility index (Phi) is 6.49. The predicted molar refractivity (Wildman–Crippen MR) is 112 cm³/mol. The van der Waals surface area contributed by atoms with E-state index in [0.717, 1.165) is 23.3 Å². The number of sulfonamides is 1. The Morgan fingerprint density at radius 1 is 0.893 bits per heavy atom. The summed E-state index contributed by atoms with van der Waals surface area (Å²) in [6, 6.07) is 24.2. The number of hydrogen-bond donors (Lipinski definition) is 1. The monoisotopic (exact) mass is 395 g/mol. The number of aryl methyl sites for hydroxylation is 2. The van der Waals surface area contributed by atoms with Crippen molar-refractivity contribution in [2.45, 2.75) is 30.7 Å². The lowest BCUT2D eigenvalue weighted by molar-refractivity contribution is 0.414. The molecule has 0 aliphatic carbocycles. The van der Waals surface area contributed by atoms with Gasteiger partial charge in [-0.15, -0.1) is 0 Å². The number of hydrogen-bond acceptors (Lipinski definition) is 3. The summed E-state index contributed by atoms with van der Waals surface area (Å²) in [5.41, 5.74) is 3.11. The predicted octanol–water partition coefficient (Wildman–Crippen LogP) is 4.66. The molecule has 0 fully saturated rings. The van der Waals surface area contributed by atoms with Crippen LogP contribution in [0.2, 0.25) is 0 Å². The second kappa shape index (κ2) is 9.04. The van der Waals surface area contributed by atoms with Gasteiger partial charge in [-0.2, -0.15) is 0 Å². The Bertz CT molecular complexity index is 982. The molecule has 0 aliphatic heterocycles. The molecule has 0 saturated heterocycles. The van der Waals surface area contributed by atoms with Crippen molar-refractivity contribution in [2.24, 2.45) is 0 Å². The quantitative estimate of drug-likeness (QED) is 0.604. The molecule has 0 saturated carbocycles. The summed E-state index contributed by atoms with van der Waals surface area (Å²) in [6.45, 7) is 1.93. The van der Waals surface area contributed by atoms with Gasteiger partial charge in [0.05, 0.1) is 12.0 Å². The standard InChI is InChI=1S/C23H25NO3S/c1-18-8-15-22(16-9-18)28(25,26)24-23(17-10-19-6-4-3-5-7-19)20-11-13-21(27-2)14-12-20/h3-9,11-16,23-24H,10,17H2,1-2H3/t23-/m1/s1. The van der Waals surface area contributed by atoms with Crippen LogP contribution in [0, 0.1) is 6.92 Å². The van der Waals surface area contributed by atoms with E-state index in [2.05, 4.69) is 16.9 Å². The minimum absolute atomic E-state index is 0.274. The van der Waals surface area contributed by atoms with E-state index in [1.165, 1.54) is 5.56 Å². The highest BCUT2D eigenvalue weighted by Gasteiger charge is 2.21. The van der Waals surface area contributed by atoms with Crippen molar-refractivity contribution >= 4 is 10.0 Å². The molecule has 28 heavy (non-hydrogen) atoms. The van der Waals surface area contributed by atoms with Crippen LogP contribution in [-0.2, 0) is 16.4 Å². The van der Waals surface area contributed by atoms with Gasteiger partial charge in [0, 0.05) is 6.04 Å². The average Bonchev–Trinajstić information content (AvgIpc) is 2.72. The molecule has 0 aromatic heterocycles. The third-order valence-electron chi connectivity index (χ3n) is 4.71. The Morgan fingerprint density at radius 2 is 1.54 bits per heavy atom. The molecule has 0 bridgehead atoms. The molecule has 5 heteroatoms. The largest absolute Gasteiger partial charge is 0.497 e. The molecule has 4 nitrogen and oxygen atoms in total. The number of methoxy groups -OCH3 is 1. The average molecular weight is 396 g/mol. The molecule has 0 unspecified atom stereocenters. The Morgan fingerprint density at radius 3 is 2.14 bits per heavy atom. The highest BCUT2D eigenvalue weighted by Crippen LogP contribution is 2.24. The van der Waals surface area contributed by atoms with Crippen LogP contribution < -0.4 is 9.46 Å². The zero-order chi connectivity index (χ0) is 20.0. The summed E-state index contributed by atoms with van der Waals surface area (Å²) >= 11 is 0. The van der Waals surface area contributed by atoms with Crippen LogP contribution in [0.5, 0.6) is 5.75 Å². The van der Waals surface area contributed by atoms with E-state index in [-0.39, 0.29) is 10.9 Å². The van der Waals surface area contributed by atoms with Crippen LogP contribution in [-0.4, -0.2) is 15.5 Å². The summed E-state index contributed by atoms with van der Waals surface area (Å²) in [5.74, 6) is 0.743. The normalized spacial score (nSPS) is 12.5. The minimum Gasteiger partial charge on any atom is -0.497 e. The van der Waals surface area contributed by atoms with Crippen LogP contribution in [0.4, 0.5) is 0 Å². The summed E-state index contributed by atoms with van der Waals surface area (Å²) in [6.07, 6.45) is 1.43. The Labute approximate surface area is 167 Å². The van der Waals surface area contributed by atoms with E-state index >= 15 is 0 Å². The lowest BCUT2D eigenvalue weighted by Gasteiger charge is -2.20. The van der Waals surface area contributed by atoms with E-state index in [1.54, 1.807) is 31.4 Å². The van der Waals surface area contributed by atoms with Gasteiger partial charge in [0.2, 0.25) is 10.0 Å². The van der Waals surface area contributed by atoms with Crippen LogP contribution in [0.3, 0.4) is 0 Å². The maximum Gasteiger partial charge on any atom is 0.241 e. The van der Waals surface area contributed by atoms with Crippen molar-refractivity contribution < 1.29 is 13.2 Å². The van der Waals surface area contributed by atoms with E-state index in [4.69, 9.17) is 4.74 Å². The molecular formula is C23H25NO3S. The molecule has 0 aliphatic rings. The maximum absolute atomic E-state index is 12.9. The van der Waals surface area contributed by atoms with E-state index in [1.807, 2.05) is 49.4 Å². The fraction of sp³-hybridized carbons (Fsp3) is 0.217. The SMILES string of the molecule is COc1ccc([C@@H](CCc2ccccc2)NS(=O)(=O)c2ccc(C)cc2)cc1. The van der Waals surface area contributed by atoms with Gasteiger partial charge in [0.1, 0.15) is 5.75 Å². The molecule has 0 heterocycles. The minimum atomic E-state index is -3.63. The molecule has 3 aromatic carbocycles. The zero-order valence-corrected chi connectivity index (χ0v) is 16.9. The number of ether oxygens (including phenoxy) is 1. The van der Waals surface area contributed by atoms with Crippen LogP contribution in [0.15, 0.2) is 83.8 Å². The van der Waals surface area contributed by atoms with Crippen LogP contribution in [0.1, 0.15) is 29.2 Å². The molecular weight excluding hydrogens is 370 g/mol. The summed E-state index contributed by atoms with van der Waals surface area (Å²) in [5, 5.41) is 0. The van der Waals surface area contributed by atoms with Crippen LogP contribution in [0.25, 0.3) is 0 Å². The fourth-order valence-electron chi connectivity index (χ4n) is 3.06. The highest BCUT2D eigenvalue weighted by atomic mass is 32.2. The molecule has 3 aromatic rings. The molecule has 1 N–H and O–H groups in total. The van der Waals surface area contributed by atoms with Gasteiger partial charge in [0.25, 0.3) is 0 Å². The maximum atomic E-state index is 12.9. The number of rotatable bonds is 8. The second-order valence-corrected chi connectivity index (χ2v) is 8.50. The Balaban J connectivity index is 1.84. The second-order valence-electron chi connectivity index (χ2n) is 6.78. The molecule has 0 spiro atoms. The van der Waals surface area contributed by atoms with Gasteiger partial charge < -0.3 is 4.74 Å². The van der Waals surface area contributed by atoms with Gasteiger partial charge in [-0.25, -0.2) is 13.1 Å². The van der Waals surface area contributed by atoms with Gasteiger partial charge in [-0.1, -0.05) is 60.2 Å². The summed E-state index contributed by atoms with van der Waals surface area (Å²) in [7, 11) is -2.01. The van der Waals surface area contributed by atoms with Gasteiger partial charge in [-0.05, 0) is 55.2 Å². The van der Waals surface area contributed by atoms with Crippen molar-refractivity contribution in [3.8, 4) is 5.75 Å². The molecule has 3 rings (SSSR count). The third-order valence-corrected chi connectivity index (χ3v) is 6.20. The smallest absolute Gasteiger partial charge is 0.241 e. The molecule has 146 valence electrons. The van der Waals surface area contributed by atoms with E-state index in [9.17, 15) is 8.42 Å². The Hall–Kier alpha value is -2.63. The fourth-order valence-corrected chi connectivity index (χ4v) is 4.32. The summed E-state index contributed by atoms with van der Waals surface area (Å²) < 4.78 is 34.0. The van der Waals surface area contributed by atoms with E-state index in [0.29, 0.717) is 6.42 Å². The topological polar surface area (TPSA) is 55.4 Å². The van der Waals surface area contributed by atoms with E-state index < -0.39 is 10.0 Å². The first-order valence-corrected chi connectivity index (χ1v) is 10.7. The summed E-state index contributed by atoms with van der Waals surface area (Å²) in [4.78, 5) is 0.274.